The number of rotatable bonds is 0. The van der Waals surface area contributed by atoms with Gasteiger partial charge in [-0.05, 0) is 58.6 Å². The van der Waals surface area contributed by atoms with Crippen molar-refractivity contribution in [2.75, 3.05) is 0 Å². The molecular weight excluding hydrogens is 362 g/mol. The fraction of sp³-hybridized carbons (Fsp3) is 0.0833. The number of hydrogen-bond acceptors (Lipinski definition) is 2. The SMILES string of the molecule is Cc1c2sccc2cc2c1c1c3c(ccc4c5ccccc5n2c43)nc[n+]1C. The maximum atomic E-state index is 4.74. The van der Waals surface area contributed by atoms with E-state index >= 15 is 0 Å². The lowest BCUT2D eigenvalue weighted by molar-refractivity contribution is -0.646. The van der Waals surface area contributed by atoms with Gasteiger partial charge < -0.3 is 4.40 Å². The van der Waals surface area contributed by atoms with Gasteiger partial charge in [0.05, 0.1) is 34.4 Å². The summed E-state index contributed by atoms with van der Waals surface area (Å²) in [5, 5.41) is 8.69. The molecule has 0 amide bonds. The minimum Gasteiger partial charge on any atom is -0.308 e. The van der Waals surface area contributed by atoms with E-state index in [1.807, 2.05) is 17.7 Å². The molecule has 3 aromatic carbocycles. The van der Waals surface area contributed by atoms with Gasteiger partial charge in [-0.15, -0.1) is 11.3 Å². The van der Waals surface area contributed by atoms with Gasteiger partial charge in [-0.25, -0.2) is 4.57 Å². The monoisotopic (exact) mass is 378 g/mol. The van der Waals surface area contributed by atoms with E-state index in [-0.39, 0.29) is 0 Å². The molecule has 4 aromatic heterocycles. The first-order valence-electron chi connectivity index (χ1n) is 9.46. The molecule has 28 heavy (non-hydrogen) atoms. The highest BCUT2D eigenvalue weighted by Crippen LogP contribution is 2.42. The second-order valence-electron chi connectivity index (χ2n) is 7.65. The first-order valence-corrected chi connectivity index (χ1v) is 10.3. The van der Waals surface area contributed by atoms with Gasteiger partial charge in [-0.2, -0.15) is 0 Å². The molecule has 0 aliphatic heterocycles. The zero-order valence-electron chi connectivity index (χ0n) is 15.5. The summed E-state index contributed by atoms with van der Waals surface area (Å²) in [7, 11) is 2.11. The third-order valence-electron chi connectivity index (χ3n) is 6.21. The van der Waals surface area contributed by atoms with Gasteiger partial charge >= 0.3 is 0 Å². The van der Waals surface area contributed by atoms with Crippen LogP contribution >= 0.6 is 11.3 Å². The Balaban J connectivity index is 2.01. The number of aryl methyl sites for hydroxylation is 2. The van der Waals surface area contributed by atoms with Crippen LogP contribution in [0.5, 0.6) is 0 Å². The van der Waals surface area contributed by atoms with Crippen molar-refractivity contribution in [3.63, 3.8) is 0 Å². The number of nitrogens with zero attached hydrogens (tertiary/aromatic N) is 3. The first-order chi connectivity index (χ1) is 13.7. The smallest absolute Gasteiger partial charge is 0.287 e. The summed E-state index contributed by atoms with van der Waals surface area (Å²) < 4.78 is 6.02. The number of para-hydroxylation sites is 1. The topological polar surface area (TPSA) is 21.2 Å². The van der Waals surface area contributed by atoms with Crippen LogP contribution in [0.2, 0.25) is 0 Å². The zero-order valence-corrected chi connectivity index (χ0v) is 16.3. The van der Waals surface area contributed by atoms with Gasteiger partial charge in [-0.3, -0.25) is 0 Å². The summed E-state index contributed by atoms with van der Waals surface area (Å²) in [6.45, 7) is 2.26. The van der Waals surface area contributed by atoms with Crippen molar-refractivity contribution in [3.05, 3.63) is 65.8 Å². The van der Waals surface area contributed by atoms with Crippen LogP contribution in [0.25, 0.3) is 59.2 Å². The molecule has 4 heterocycles. The third-order valence-corrected chi connectivity index (χ3v) is 7.26. The number of hydrogen-bond donors (Lipinski definition) is 0. The minimum atomic E-state index is 1.06. The third kappa shape index (κ3) is 1.54. The molecule has 3 nitrogen and oxygen atoms in total. The van der Waals surface area contributed by atoms with E-state index in [0.29, 0.717) is 0 Å². The predicted octanol–water partition coefficient (Wildman–Crippen LogP) is 5.73. The highest BCUT2D eigenvalue weighted by Gasteiger charge is 2.24. The zero-order chi connectivity index (χ0) is 18.6. The normalized spacial score (nSPS) is 12.6. The summed E-state index contributed by atoms with van der Waals surface area (Å²) in [6.07, 6.45) is 1.95. The van der Waals surface area contributed by atoms with Crippen molar-refractivity contribution in [1.82, 2.24) is 9.38 Å². The van der Waals surface area contributed by atoms with Crippen LogP contribution < -0.4 is 4.57 Å². The molecule has 0 aliphatic carbocycles. The lowest BCUT2D eigenvalue weighted by Crippen LogP contribution is -2.30. The van der Waals surface area contributed by atoms with E-state index in [0.717, 1.165) is 5.52 Å². The Morgan fingerprint density at radius 3 is 2.79 bits per heavy atom. The standard InChI is InChI=1S/C24H16N3S/c1-13-20-19(11-14-9-10-28-24(13)14)27-18-6-4-3-5-15(18)16-7-8-17-21(22(16)27)23(20)26(2)12-25-17/h3-12H,1-2H3/q+1. The molecule has 0 fully saturated rings. The maximum absolute atomic E-state index is 4.74. The number of pyridine rings is 1. The van der Waals surface area contributed by atoms with Crippen LogP contribution in [0, 0.1) is 6.92 Å². The van der Waals surface area contributed by atoms with Crippen LogP contribution in [-0.2, 0) is 7.05 Å². The van der Waals surface area contributed by atoms with Crippen molar-refractivity contribution in [1.29, 1.82) is 0 Å². The van der Waals surface area contributed by atoms with Crippen molar-refractivity contribution in [3.8, 4) is 0 Å². The Bertz CT molecular complexity index is 1740. The van der Waals surface area contributed by atoms with Crippen molar-refractivity contribution in [2.24, 2.45) is 7.05 Å². The second kappa shape index (κ2) is 4.78. The quantitative estimate of drug-likeness (QED) is 0.187. The van der Waals surface area contributed by atoms with E-state index in [1.54, 1.807) is 0 Å². The van der Waals surface area contributed by atoms with Crippen LogP contribution in [0.1, 0.15) is 5.56 Å². The van der Waals surface area contributed by atoms with Crippen LogP contribution in [0.15, 0.2) is 60.2 Å². The summed E-state index contributed by atoms with van der Waals surface area (Å²) >= 11 is 1.83. The van der Waals surface area contributed by atoms with Gasteiger partial charge in [0.15, 0.2) is 5.52 Å². The maximum Gasteiger partial charge on any atom is 0.287 e. The molecule has 132 valence electrons. The molecule has 4 heteroatoms. The molecule has 0 radical (unpaired) electrons. The summed E-state index contributed by atoms with van der Waals surface area (Å²) in [5.74, 6) is 0. The second-order valence-corrected chi connectivity index (χ2v) is 8.56. The van der Waals surface area contributed by atoms with Crippen molar-refractivity contribution >= 4 is 70.6 Å². The van der Waals surface area contributed by atoms with Gasteiger partial charge in [0.1, 0.15) is 5.52 Å². The Hall–Kier alpha value is -3.24. The van der Waals surface area contributed by atoms with Gasteiger partial charge in [0, 0.05) is 15.5 Å². The molecule has 0 unspecified atom stereocenters. The molecule has 0 saturated heterocycles. The van der Waals surface area contributed by atoms with E-state index in [4.69, 9.17) is 4.98 Å². The summed E-state index contributed by atoms with van der Waals surface area (Å²) in [6, 6.07) is 17.7. The molecule has 0 atom stereocenters. The average molecular weight is 378 g/mol. The Kier molecular flexibility index (Phi) is 2.52. The number of benzene rings is 3. The van der Waals surface area contributed by atoms with Crippen LogP contribution in [0.4, 0.5) is 0 Å². The fourth-order valence-corrected chi connectivity index (χ4v) is 5.95. The highest BCUT2D eigenvalue weighted by molar-refractivity contribution is 7.17. The first kappa shape index (κ1) is 14.8. The molecule has 7 aromatic rings. The van der Waals surface area contributed by atoms with Crippen molar-refractivity contribution < 1.29 is 4.57 Å². The number of aromatic nitrogens is 3. The van der Waals surface area contributed by atoms with E-state index in [1.165, 1.54) is 59.3 Å². The lowest BCUT2D eigenvalue weighted by Gasteiger charge is -2.13. The van der Waals surface area contributed by atoms with Gasteiger partial charge in [0.25, 0.3) is 6.33 Å². The fourth-order valence-electron chi connectivity index (χ4n) is 5.06. The van der Waals surface area contributed by atoms with Crippen LogP contribution in [-0.4, -0.2) is 9.38 Å². The van der Waals surface area contributed by atoms with Gasteiger partial charge in [-0.1, -0.05) is 18.2 Å². The Labute approximate surface area is 164 Å². The van der Waals surface area contributed by atoms with E-state index in [2.05, 4.69) is 76.9 Å². The lowest BCUT2D eigenvalue weighted by atomic mass is 10.0. The molecule has 0 bridgehead atoms. The van der Waals surface area contributed by atoms with Crippen molar-refractivity contribution in [2.45, 2.75) is 6.92 Å². The number of fused-ring (bicyclic) bond motifs is 7. The van der Waals surface area contributed by atoms with E-state index < -0.39 is 0 Å². The molecular formula is C24H16N3S+. The molecule has 0 spiro atoms. The molecule has 0 aliphatic rings. The predicted molar refractivity (Wildman–Crippen MR) is 118 cm³/mol. The average Bonchev–Trinajstić information content (AvgIpc) is 3.31. The minimum absolute atomic E-state index is 1.06. The molecule has 0 saturated carbocycles. The largest absolute Gasteiger partial charge is 0.308 e. The molecule has 0 N–H and O–H groups in total. The Morgan fingerprint density at radius 1 is 0.964 bits per heavy atom. The van der Waals surface area contributed by atoms with Gasteiger partial charge in [0.2, 0.25) is 0 Å². The summed E-state index contributed by atoms with van der Waals surface area (Å²) in [4.78, 5) is 4.74. The summed E-state index contributed by atoms with van der Waals surface area (Å²) in [5.41, 5.74) is 7.49. The number of thiophene rings is 1. The molecule has 7 rings (SSSR count). The van der Waals surface area contributed by atoms with E-state index in [9.17, 15) is 0 Å². The Morgan fingerprint density at radius 2 is 1.86 bits per heavy atom. The van der Waals surface area contributed by atoms with Crippen LogP contribution in [0.3, 0.4) is 0 Å². The highest BCUT2D eigenvalue weighted by atomic mass is 32.1.